The fraction of sp³-hybridized carbons (Fsp3) is 0.357. The van der Waals surface area contributed by atoms with Crippen molar-refractivity contribution in [2.24, 2.45) is 5.73 Å². The number of hydrogen-bond donors (Lipinski definition) is 3. The van der Waals surface area contributed by atoms with Gasteiger partial charge in [0.2, 0.25) is 11.8 Å². The van der Waals surface area contributed by atoms with E-state index in [1.165, 1.54) is 7.11 Å². The molecule has 21 heavy (non-hydrogen) atoms. The molecule has 0 fully saturated rings. The van der Waals surface area contributed by atoms with Crippen LogP contribution < -0.4 is 15.8 Å². The molecule has 0 radical (unpaired) electrons. The lowest BCUT2D eigenvalue weighted by atomic mass is 10.1. The molecular formula is C14H18N2O5. The number of carboxylic acid groups (broad SMARTS) is 1. The summed E-state index contributed by atoms with van der Waals surface area (Å²) >= 11 is 0. The third-order valence-corrected chi connectivity index (χ3v) is 2.81. The topological polar surface area (TPSA) is 119 Å². The normalized spacial score (nSPS) is 11.5. The molecule has 2 amide bonds. The van der Waals surface area contributed by atoms with E-state index in [1.54, 1.807) is 24.3 Å². The highest BCUT2D eigenvalue weighted by atomic mass is 16.5. The van der Waals surface area contributed by atoms with Crippen LogP contribution in [-0.4, -0.2) is 36.0 Å². The number of carboxylic acids is 1. The van der Waals surface area contributed by atoms with Crippen LogP contribution in [0.2, 0.25) is 0 Å². The average molecular weight is 294 g/mol. The van der Waals surface area contributed by atoms with Crippen LogP contribution in [-0.2, 0) is 20.8 Å². The second-order valence-corrected chi connectivity index (χ2v) is 4.49. The number of benzene rings is 1. The van der Waals surface area contributed by atoms with Crippen LogP contribution >= 0.6 is 0 Å². The molecule has 0 heterocycles. The molecule has 114 valence electrons. The number of rotatable bonds is 8. The molecule has 0 aliphatic heterocycles. The molecule has 1 unspecified atom stereocenters. The molecule has 1 aromatic rings. The monoisotopic (exact) mass is 294 g/mol. The Morgan fingerprint density at radius 3 is 2.67 bits per heavy atom. The number of carbonyl (C=O) groups excluding carboxylic acids is 2. The lowest BCUT2D eigenvalue weighted by Gasteiger charge is -2.13. The number of nitrogens with two attached hydrogens (primary N) is 1. The summed E-state index contributed by atoms with van der Waals surface area (Å²) in [6, 6.07) is 5.79. The fourth-order valence-corrected chi connectivity index (χ4v) is 1.76. The van der Waals surface area contributed by atoms with E-state index in [0.29, 0.717) is 11.3 Å². The van der Waals surface area contributed by atoms with Crippen molar-refractivity contribution in [2.75, 3.05) is 7.11 Å². The summed E-state index contributed by atoms with van der Waals surface area (Å²) < 4.78 is 5.04. The van der Waals surface area contributed by atoms with Gasteiger partial charge in [0.1, 0.15) is 11.8 Å². The molecule has 0 aromatic heterocycles. The zero-order valence-corrected chi connectivity index (χ0v) is 11.7. The average Bonchev–Trinajstić information content (AvgIpc) is 2.43. The predicted octanol–water partition coefficient (Wildman–Crippen LogP) is 0.0726. The van der Waals surface area contributed by atoms with Crippen LogP contribution in [0.15, 0.2) is 24.3 Å². The first-order chi connectivity index (χ1) is 9.92. The number of carbonyl (C=O) groups is 3. The van der Waals surface area contributed by atoms with Gasteiger partial charge in [-0.25, -0.2) is 4.79 Å². The van der Waals surface area contributed by atoms with Crippen molar-refractivity contribution in [1.29, 1.82) is 0 Å². The Bertz CT molecular complexity index is 530. The van der Waals surface area contributed by atoms with E-state index in [9.17, 15) is 14.4 Å². The van der Waals surface area contributed by atoms with Crippen LogP contribution in [0, 0.1) is 0 Å². The van der Waals surface area contributed by atoms with Crippen molar-refractivity contribution in [3.63, 3.8) is 0 Å². The lowest BCUT2D eigenvalue weighted by Crippen LogP contribution is -2.42. The highest BCUT2D eigenvalue weighted by Crippen LogP contribution is 2.13. The fourth-order valence-electron chi connectivity index (χ4n) is 1.76. The van der Waals surface area contributed by atoms with E-state index >= 15 is 0 Å². The van der Waals surface area contributed by atoms with Crippen molar-refractivity contribution in [1.82, 2.24) is 5.32 Å². The molecule has 0 saturated carbocycles. The Labute approximate surface area is 122 Å². The van der Waals surface area contributed by atoms with E-state index < -0.39 is 23.8 Å². The zero-order valence-electron chi connectivity index (χ0n) is 11.7. The quantitative estimate of drug-likeness (QED) is 0.627. The standard InChI is InChI=1S/C14H18N2O5/c1-21-10-4-2-3-9(7-10)8-13(18)16-11(14(19)20)5-6-12(15)17/h2-4,7,11H,5-6,8H2,1H3,(H2,15,17)(H,16,18)(H,19,20). The van der Waals surface area contributed by atoms with Crippen LogP contribution in [0.3, 0.4) is 0 Å². The maximum absolute atomic E-state index is 11.8. The number of aliphatic carboxylic acids is 1. The van der Waals surface area contributed by atoms with E-state index in [-0.39, 0.29) is 19.3 Å². The number of hydrogen-bond acceptors (Lipinski definition) is 4. The van der Waals surface area contributed by atoms with Gasteiger partial charge in [-0.2, -0.15) is 0 Å². The second-order valence-electron chi connectivity index (χ2n) is 4.49. The Balaban J connectivity index is 2.60. The minimum atomic E-state index is -1.20. The number of amides is 2. The van der Waals surface area contributed by atoms with E-state index in [1.807, 2.05) is 0 Å². The van der Waals surface area contributed by atoms with Crippen LogP contribution in [0.4, 0.5) is 0 Å². The predicted molar refractivity (Wildman–Crippen MR) is 74.7 cm³/mol. The van der Waals surface area contributed by atoms with E-state index in [4.69, 9.17) is 15.6 Å². The van der Waals surface area contributed by atoms with Crippen molar-refractivity contribution in [3.8, 4) is 5.75 Å². The SMILES string of the molecule is COc1cccc(CC(=O)NC(CCC(N)=O)C(=O)O)c1. The first-order valence-corrected chi connectivity index (χ1v) is 6.35. The number of primary amides is 1. The van der Waals surface area contributed by atoms with Gasteiger partial charge in [-0.05, 0) is 24.1 Å². The maximum Gasteiger partial charge on any atom is 0.326 e. The largest absolute Gasteiger partial charge is 0.497 e. The summed E-state index contributed by atoms with van der Waals surface area (Å²) in [6.45, 7) is 0. The van der Waals surface area contributed by atoms with Gasteiger partial charge in [0.25, 0.3) is 0 Å². The van der Waals surface area contributed by atoms with Gasteiger partial charge in [0, 0.05) is 6.42 Å². The van der Waals surface area contributed by atoms with Gasteiger partial charge < -0.3 is 20.9 Å². The number of nitrogens with one attached hydrogen (secondary N) is 1. The summed E-state index contributed by atoms with van der Waals surface area (Å²) in [4.78, 5) is 33.5. The summed E-state index contributed by atoms with van der Waals surface area (Å²) in [5, 5.41) is 11.4. The Hall–Kier alpha value is -2.57. The molecule has 1 aromatic carbocycles. The lowest BCUT2D eigenvalue weighted by molar-refractivity contribution is -0.142. The van der Waals surface area contributed by atoms with Crippen LogP contribution in [0.1, 0.15) is 18.4 Å². The molecule has 0 aliphatic carbocycles. The summed E-state index contributed by atoms with van der Waals surface area (Å²) in [5.74, 6) is -1.64. The smallest absolute Gasteiger partial charge is 0.326 e. The molecule has 0 spiro atoms. The third-order valence-electron chi connectivity index (χ3n) is 2.81. The highest BCUT2D eigenvalue weighted by molar-refractivity contribution is 5.85. The number of methoxy groups -OCH3 is 1. The highest BCUT2D eigenvalue weighted by Gasteiger charge is 2.20. The van der Waals surface area contributed by atoms with Crippen LogP contribution in [0.25, 0.3) is 0 Å². The summed E-state index contributed by atoms with van der Waals surface area (Å²) in [5.41, 5.74) is 5.67. The Morgan fingerprint density at radius 2 is 2.10 bits per heavy atom. The van der Waals surface area contributed by atoms with Gasteiger partial charge in [0.05, 0.1) is 13.5 Å². The van der Waals surface area contributed by atoms with Gasteiger partial charge in [-0.3, -0.25) is 9.59 Å². The van der Waals surface area contributed by atoms with E-state index in [0.717, 1.165) is 0 Å². The minimum absolute atomic E-state index is 0.0253. The van der Waals surface area contributed by atoms with E-state index in [2.05, 4.69) is 5.32 Å². The van der Waals surface area contributed by atoms with Crippen molar-refractivity contribution in [2.45, 2.75) is 25.3 Å². The van der Waals surface area contributed by atoms with Gasteiger partial charge in [0.15, 0.2) is 0 Å². The molecule has 1 atom stereocenters. The van der Waals surface area contributed by atoms with Crippen molar-refractivity contribution in [3.05, 3.63) is 29.8 Å². The molecule has 4 N–H and O–H groups in total. The molecular weight excluding hydrogens is 276 g/mol. The number of ether oxygens (including phenoxy) is 1. The zero-order chi connectivity index (χ0) is 15.8. The summed E-state index contributed by atoms with van der Waals surface area (Å²) in [7, 11) is 1.52. The maximum atomic E-state index is 11.8. The van der Waals surface area contributed by atoms with Crippen LogP contribution in [0.5, 0.6) is 5.75 Å². The minimum Gasteiger partial charge on any atom is -0.497 e. The van der Waals surface area contributed by atoms with Gasteiger partial charge in [-0.15, -0.1) is 0 Å². The molecule has 0 bridgehead atoms. The van der Waals surface area contributed by atoms with Crippen molar-refractivity contribution < 1.29 is 24.2 Å². The van der Waals surface area contributed by atoms with Gasteiger partial charge >= 0.3 is 5.97 Å². The molecule has 1 rings (SSSR count). The molecule has 7 nitrogen and oxygen atoms in total. The molecule has 0 saturated heterocycles. The molecule has 0 aliphatic rings. The van der Waals surface area contributed by atoms with Crippen molar-refractivity contribution >= 4 is 17.8 Å². The Kier molecular flexibility index (Phi) is 6.19. The summed E-state index contributed by atoms with van der Waals surface area (Å²) in [6.07, 6.45) is -0.109. The van der Waals surface area contributed by atoms with Gasteiger partial charge in [-0.1, -0.05) is 12.1 Å². The molecule has 7 heteroatoms. The Morgan fingerprint density at radius 1 is 1.38 bits per heavy atom. The second kappa shape index (κ2) is 7.88. The first-order valence-electron chi connectivity index (χ1n) is 6.35. The first kappa shape index (κ1) is 16.5. The third kappa shape index (κ3) is 5.94.